The molecule has 3 rings (SSSR count). The number of benzene rings is 1. The molecule has 0 aliphatic carbocycles. The first-order valence-corrected chi connectivity index (χ1v) is 8.47. The fourth-order valence-corrected chi connectivity index (χ4v) is 2.87. The van der Waals surface area contributed by atoms with E-state index in [1.807, 2.05) is 35.2 Å². The molecule has 1 aliphatic rings. The van der Waals surface area contributed by atoms with Gasteiger partial charge in [0.2, 0.25) is 5.88 Å². The van der Waals surface area contributed by atoms with Crippen LogP contribution >= 0.6 is 0 Å². The molecule has 0 N–H and O–H groups in total. The maximum absolute atomic E-state index is 12.4. The molecule has 0 saturated heterocycles. The molecule has 1 aromatic carbocycles. The van der Waals surface area contributed by atoms with Crippen LogP contribution in [-0.2, 0) is 23.1 Å². The highest BCUT2D eigenvalue weighted by molar-refractivity contribution is 7.87. The molecule has 0 spiro atoms. The summed E-state index contributed by atoms with van der Waals surface area (Å²) in [6, 6.07) is 12.2. The number of nitrogens with zero attached hydrogens (tertiary/aromatic N) is 2. The van der Waals surface area contributed by atoms with Gasteiger partial charge in [0.25, 0.3) is 0 Å². The van der Waals surface area contributed by atoms with Crippen molar-refractivity contribution in [1.29, 1.82) is 0 Å². The highest BCUT2D eigenvalue weighted by Gasteiger charge is 2.49. The van der Waals surface area contributed by atoms with E-state index in [2.05, 4.69) is 9.17 Å². The fourth-order valence-electron chi connectivity index (χ4n) is 2.45. The Hall–Kier alpha value is -2.29. The quantitative estimate of drug-likeness (QED) is 0.621. The van der Waals surface area contributed by atoms with Crippen LogP contribution in [0.25, 0.3) is 0 Å². The van der Waals surface area contributed by atoms with Crippen molar-refractivity contribution in [2.24, 2.45) is 0 Å². The van der Waals surface area contributed by atoms with Crippen LogP contribution in [0.15, 0.2) is 42.5 Å². The molecule has 0 bridgehead atoms. The zero-order valence-electron chi connectivity index (χ0n) is 12.3. The van der Waals surface area contributed by atoms with Gasteiger partial charge in [-0.1, -0.05) is 30.3 Å². The first-order valence-electron chi connectivity index (χ1n) is 7.06. The Bertz CT molecular complexity index is 839. The number of alkyl halides is 3. The molecule has 128 valence electrons. The van der Waals surface area contributed by atoms with Gasteiger partial charge >= 0.3 is 15.6 Å². The first-order chi connectivity index (χ1) is 11.3. The van der Waals surface area contributed by atoms with Gasteiger partial charge in [-0.2, -0.15) is 26.6 Å². The molecule has 1 aliphatic heterocycles. The highest BCUT2D eigenvalue weighted by atomic mass is 32.2. The smallest absolute Gasteiger partial charge is 0.355 e. The summed E-state index contributed by atoms with van der Waals surface area (Å²) in [5.41, 5.74) is -3.64. The van der Waals surface area contributed by atoms with Crippen LogP contribution < -0.4 is 9.08 Å². The summed E-state index contributed by atoms with van der Waals surface area (Å²) in [7, 11) is -5.73. The third kappa shape index (κ3) is 3.30. The molecule has 24 heavy (non-hydrogen) atoms. The zero-order chi connectivity index (χ0) is 17.4. The number of fused-ring (bicyclic) bond motifs is 1. The van der Waals surface area contributed by atoms with Crippen LogP contribution in [0.3, 0.4) is 0 Å². The standard InChI is InChI=1S/C15H13F3N2O3S/c16-15(17,18)24(21,22)23-13-7-6-12-8-9-20(14(12)19-13)10-11-4-2-1-3-5-11/h1-7H,8-10H2. The molecule has 9 heteroatoms. The van der Waals surface area contributed by atoms with E-state index in [0.29, 0.717) is 25.3 Å². The van der Waals surface area contributed by atoms with Gasteiger partial charge in [0.1, 0.15) is 5.82 Å². The van der Waals surface area contributed by atoms with Crippen LogP contribution in [0.5, 0.6) is 5.88 Å². The fraction of sp³-hybridized carbons (Fsp3) is 0.267. The molecule has 5 nitrogen and oxygen atoms in total. The molecule has 0 atom stereocenters. The van der Waals surface area contributed by atoms with Crippen molar-refractivity contribution in [3.05, 3.63) is 53.6 Å². The topological polar surface area (TPSA) is 59.5 Å². The van der Waals surface area contributed by atoms with E-state index in [1.54, 1.807) is 0 Å². The average molecular weight is 358 g/mol. The van der Waals surface area contributed by atoms with Gasteiger partial charge in [0.15, 0.2) is 0 Å². The Morgan fingerprint density at radius 1 is 1.12 bits per heavy atom. The number of hydrogen-bond donors (Lipinski definition) is 0. The van der Waals surface area contributed by atoms with E-state index >= 15 is 0 Å². The molecule has 0 amide bonds. The van der Waals surface area contributed by atoms with Gasteiger partial charge in [-0.3, -0.25) is 0 Å². The Labute approximate surface area is 136 Å². The second-order valence-electron chi connectivity index (χ2n) is 5.27. The van der Waals surface area contributed by atoms with Gasteiger partial charge in [0, 0.05) is 19.2 Å². The predicted molar refractivity (Wildman–Crippen MR) is 81.0 cm³/mol. The van der Waals surface area contributed by atoms with E-state index < -0.39 is 21.5 Å². The number of pyridine rings is 1. The molecule has 2 heterocycles. The van der Waals surface area contributed by atoms with Crippen molar-refractivity contribution in [3.63, 3.8) is 0 Å². The highest BCUT2D eigenvalue weighted by Crippen LogP contribution is 2.32. The van der Waals surface area contributed by atoms with Gasteiger partial charge < -0.3 is 9.08 Å². The lowest BCUT2D eigenvalue weighted by Gasteiger charge is -2.19. The molecule has 1 aromatic heterocycles. The Morgan fingerprint density at radius 3 is 2.50 bits per heavy atom. The lowest BCUT2D eigenvalue weighted by molar-refractivity contribution is -0.0501. The average Bonchev–Trinajstić information content (AvgIpc) is 2.89. The van der Waals surface area contributed by atoms with Crippen molar-refractivity contribution in [3.8, 4) is 5.88 Å². The predicted octanol–water partition coefficient (Wildman–Crippen LogP) is 2.87. The Kier molecular flexibility index (Phi) is 4.12. The van der Waals surface area contributed by atoms with Crippen molar-refractivity contribution < 1.29 is 25.8 Å². The molecule has 0 fully saturated rings. The summed E-state index contributed by atoms with van der Waals surface area (Å²) in [6.07, 6.45) is 0.682. The van der Waals surface area contributed by atoms with Crippen LogP contribution in [0.4, 0.5) is 19.0 Å². The maximum atomic E-state index is 12.4. The molecular formula is C15H13F3N2O3S. The van der Waals surface area contributed by atoms with E-state index in [0.717, 1.165) is 17.2 Å². The molecule has 0 unspecified atom stereocenters. The first kappa shape index (κ1) is 16.6. The zero-order valence-corrected chi connectivity index (χ0v) is 13.1. The van der Waals surface area contributed by atoms with Crippen molar-refractivity contribution >= 4 is 15.9 Å². The maximum Gasteiger partial charge on any atom is 0.534 e. The lowest BCUT2D eigenvalue weighted by atomic mass is 10.2. The van der Waals surface area contributed by atoms with Crippen LogP contribution in [0.1, 0.15) is 11.1 Å². The van der Waals surface area contributed by atoms with E-state index in [-0.39, 0.29) is 0 Å². The number of aromatic nitrogens is 1. The minimum Gasteiger partial charge on any atom is -0.355 e. The van der Waals surface area contributed by atoms with Crippen molar-refractivity contribution in [2.45, 2.75) is 18.5 Å². The number of hydrogen-bond acceptors (Lipinski definition) is 5. The van der Waals surface area contributed by atoms with Crippen molar-refractivity contribution in [2.75, 3.05) is 11.4 Å². The third-order valence-electron chi connectivity index (χ3n) is 3.58. The minimum atomic E-state index is -5.73. The monoisotopic (exact) mass is 358 g/mol. The van der Waals surface area contributed by atoms with Gasteiger partial charge in [0.05, 0.1) is 0 Å². The summed E-state index contributed by atoms with van der Waals surface area (Å²) in [5.74, 6) is -0.153. The molecule has 0 radical (unpaired) electrons. The third-order valence-corrected chi connectivity index (χ3v) is 4.53. The number of rotatable bonds is 4. The second kappa shape index (κ2) is 5.97. The summed E-state index contributed by atoms with van der Waals surface area (Å²) in [4.78, 5) is 5.83. The van der Waals surface area contributed by atoms with E-state index in [9.17, 15) is 21.6 Å². The van der Waals surface area contributed by atoms with E-state index in [4.69, 9.17) is 0 Å². The minimum absolute atomic E-state index is 0.439. The van der Waals surface area contributed by atoms with Gasteiger partial charge in [-0.25, -0.2) is 0 Å². The summed E-state index contributed by atoms with van der Waals surface area (Å²) < 4.78 is 63.5. The number of halogens is 3. The number of anilines is 1. The summed E-state index contributed by atoms with van der Waals surface area (Å²) >= 11 is 0. The molecule has 0 saturated carbocycles. The summed E-state index contributed by atoms with van der Waals surface area (Å²) in [5, 5.41) is 0. The Morgan fingerprint density at radius 2 is 1.83 bits per heavy atom. The largest absolute Gasteiger partial charge is 0.534 e. The van der Waals surface area contributed by atoms with Crippen LogP contribution in [0.2, 0.25) is 0 Å². The van der Waals surface area contributed by atoms with Crippen LogP contribution in [-0.4, -0.2) is 25.5 Å². The normalized spacial score (nSPS) is 14.5. The van der Waals surface area contributed by atoms with Crippen molar-refractivity contribution in [1.82, 2.24) is 4.98 Å². The van der Waals surface area contributed by atoms with E-state index in [1.165, 1.54) is 6.07 Å². The van der Waals surface area contributed by atoms with Crippen LogP contribution in [0, 0.1) is 0 Å². The van der Waals surface area contributed by atoms with Gasteiger partial charge in [-0.05, 0) is 23.6 Å². The summed E-state index contributed by atoms with van der Waals surface area (Å²) in [6.45, 7) is 1.17. The lowest BCUT2D eigenvalue weighted by Crippen LogP contribution is -2.28. The Balaban J connectivity index is 1.84. The second-order valence-corrected chi connectivity index (χ2v) is 6.81. The SMILES string of the molecule is O=S(=O)(Oc1ccc2c(n1)N(Cc1ccccc1)CC2)C(F)(F)F. The molecular weight excluding hydrogens is 345 g/mol. The van der Waals surface area contributed by atoms with Gasteiger partial charge in [-0.15, -0.1) is 0 Å². The molecule has 2 aromatic rings.